The molecule has 0 aromatic heterocycles. The van der Waals surface area contributed by atoms with E-state index in [1.54, 1.807) is 31.2 Å². The maximum atomic E-state index is 13.2. The molecule has 5 nitrogen and oxygen atoms in total. The van der Waals surface area contributed by atoms with Crippen molar-refractivity contribution in [1.29, 1.82) is 0 Å². The summed E-state index contributed by atoms with van der Waals surface area (Å²) >= 11 is 5.82. The second kappa shape index (κ2) is 7.33. The molecular weight excluding hydrogens is 359 g/mol. The second-order valence-electron chi connectivity index (χ2n) is 5.96. The van der Waals surface area contributed by atoms with Crippen molar-refractivity contribution >= 4 is 23.5 Å². The van der Waals surface area contributed by atoms with Gasteiger partial charge in [-0.3, -0.25) is 9.69 Å². The number of imide groups is 1. The number of halogens is 2. The summed E-state index contributed by atoms with van der Waals surface area (Å²) in [4.78, 5) is 26.4. The van der Waals surface area contributed by atoms with Gasteiger partial charge < -0.3 is 10.1 Å². The molecule has 7 heteroatoms. The minimum atomic E-state index is -1.18. The largest absolute Gasteiger partial charge is 0.492 e. The molecule has 1 aliphatic rings. The van der Waals surface area contributed by atoms with Gasteiger partial charge in [-0.1, -0.05) is 30.7 Å². The van der Waals surface area contributed by atoms with Crippen LogP contribution in [0.3, 0.4) is 0 Å². The molecule has 0 saturated carbocycles. The van der Waals surface area contributed by atoms with E-state index in [9.17, 15) is 14.0 Å². The molecule has 1 atom stereocenters. The minimum Gasteiger partial charge on any atom is -0.492 e. The van der Waals surface area contributed by atoms with Crippen molar-refractivity contribution < 1.29 is 18.7 Å². The number of amides is 3. The van der Waals surface area contributed by atoms with E-state index in [1.807, 2.05) is 0 Å². The van der Waals surface area contributed by atoms with E-state index in [0.717, 1.165) is 4.90 Å². The summed E-state index contributed by atoms with van der Waals surface area (Å²) in [5.41, 5.74) is -0.619. The van der Waals surface area contributed by atoms with Gasteiger partial charge in [0.05, 0.1) is 6.54 Å². The third-order valence-electron chi connectivity index (χ3n) is 4.44. The molecule has 0 radical (unpaired) electrons. The number of ether oxygens (including phenoxy) is 1. The fourth-order valence-electron chi connectivity index (χ4n) is 2.99. The molecule has 1 heterocycles. The fraction of sp³-hybridized carbons (Fsp3) is 0.263. The first-order valence-electron chi connectivity index (χ1n) is 8.25. The fourth-order valence-corrected chi connectivity index (χ4v) is 3.11. The predicted octanol–water partition coefficient (Wildman–Crippen LogP) is 3.72. The number of carbonyl (C=O) groups is 2. The molecule has 2 aromatic rings. The Bertz CT molecular complexity index is 811. The minimum absolute atomic E-state index is 0.107. The average molecular weight is 377 g/mol. The number of hydrogen-bond donors (Lipinski definition) is 1. The quantitative estimate of drug-likeness (QED) is 0.782. The third-order valence-corrected chi connectivity index (χ3v) is 4.69. The number of nitrogens with zero attached hydrogens (tertiary/aromatic N) is 1. The van der Waals surface area contributed by atoms with Gasteiger partial charge in [0, 0.05) is 5.02 Å². The van der Waals surface area contributed by atoms with Gasteiger partial charge in [-0.25, -0.2) is 9.18 Å². The first kappa shape index (κ1) is 18.2. The Labute approximate surface area is 155 Å². The van der Waals surface area contributed by atoms with Crippen molar-refractivity contribution in [2.45, 2.75) is 18.9 Å². The molecule has 1 aliphatic heterocycles. The van der Waals surface area contributed by atoms with E-state index in [-0.39, 0.29) is 19.1 Å². The summed E-state index contributed by atoms with van der Waals surface area (Å²) in [6.07, 6.45) is 0.359. The van der Waals surface area contributed by atoms with E-state index < -0.39 is 17.4 Å². The van der Waals surface area contributed by atoms with E-state index >= 15 is 0 Å². The Balaban J connectivity index is 1.71. The van der Waals surface area contributed by atoms with Gasteiger partial charge >= 0.3 is 6.03 Å². The van der Waals surface area contributed by atoms with Crippen LogP contribution in [-0.2, 0) is 10.3 Å². The topological polar surface area (TPSA) is 58.6 Å². The summed E-state index contributed by atoms with van der Waals surface area (Å²) in [5, 5.41) is 3.35. The molecule has 1 saturated heterocycles. The lowest BCUT2D eigenvalue weighted by Gasteiger charge is -2.25. The number of rotatable bonds is 6. The molecule has 0 aliphatic carbocycles. The zero-order chi connectivity index (χ0) is 18.7. The van der Waals surface area contributed by atoms with Crippen LogP contribution in [0.5, 0.6) is 5.75 Å². The molecule has 1 fully saturated rings. The van der Waals surface area contributed by atoms with Gasteiger partial charge in [-0.15, -0.1) is 0 Å². The predicted molar refractivity (Wildman–Crippen MR) is 95.6 cm³/mol. The van der Waals surface area contributed by atoms with Crippen LogP contribution in [0.25, 0.3) is 0 Å². The Morgan fingerprint density at radius 3 is 2.38 bits per heavy atom. The molecule has 3 amide bonds. The highest BCUT2D eigenvalue weighted by atomic mass is 35.5. The van der Waals surface area contributed by atoms with Gasteiger partial charge in [-0.05, 0) is 48.4 Å². The van der Waals surface area contributed by atoms with Crippen LogP contribution in [0.2, 0.25) is 5.02 Å². The summed E-state index contributed by atoms with van der Waals surface area (Å²) in [6, 6.07) is 11.9. The molecule has 1 N–H and O–H groups in total. The van der Waals surface area contributed by atoms with E-state index in [4.69, 9.17) is 16.3 Å². The van der Waals surface area contributed by atoms with Crippen molar-refractivity contribution in [1.82, 2.24) is 10.2 Å². The van der Waals surface area contributed by atoms with Crippen molar-refractivity contribution in [2.24, 2.45) is 0 Å². The number of benzene rings is 2. The second-order valence-corrected chi connectivity index (χ2v) is 6.39. The number of carbonyl (C=O) groups excluding carboxylic acids is 2. The van der Waals surface area contributed by atoms with Crippen LogP contribution in [0, 0.1) is 5.82 Å². The Kier molecular flexibility index (Phi) is 5.13. The Morgan fingerprint density at radius 1 is 1.12 bits per heavy atom. The van der Waals surface area contributed by atoms with Crippen LogP contribution < -0.4 is 10.1 Å². The first-order chi connectivity index (χ1) is 12.5. The highest BCUT2D eigenvalue weighted by Crippen LogP contribution is 2.32. The highest BCUT2D eigenvalue weighted by molar-refractivity contribution is 6.30. The van der Waals surface area contributed by atoms with Crippen molar-refractivity contribution in [3.63, 3.8) is 0 Å². The Morgan fingerprint density at radius 2 is 1.77 bits per heavy atom. The Hall–Kier alpha value is -2.60. The molecular formula is C19H18ClFN2O3. The standard InChI is InChI=1S/C19H18ClFN2O3/c1-2-19(13-3-7-15(21)8-4-13)17(24)23(18(25)22-19)11-12-26-16-9-5-14(20)6-10-16/h3-10H,2,11-12H2,1H3,(H,22,25)/t19-/m0/s1. The SMILES string of the molecule is CC[C@@]1(c2ccc(F)cc2)NC(=O)N(CCOc2ccc(Cl)cc2)C1=O. The third kappa shape index (κ3) is 3.37. The maximum absolute atomic E-state index is 13.2. The molecule has 2 aromatic carbocycles. The smallest absolute Gasteiger partial charge is 0.325 e. The molecule has 0 spiro atoms. The van der Waals surface area contributed by atoms with E-state index in [1.165, 1.54) is 24.3 Å². The lowest BCUT2D eigenvalue weighted by molar-refractivity contribution is -0.132. The molecule has 0 bridgehead atoms. The van der Waals surface area contributed by atoms with Gasteiger partial charge in [0.15, 0.2) is 0 Å². The van der Waals surface area contributed by atoms with Crippen molar-refractivity contribution in [3.8, 4) is 5.75 Å². The summed E-state index contributed by atoms with van der Waals surface area (Å²) < 4.78 is 18.8. The monoisotopic (exact) mass is 376 g/mol. The van der Waals surface area contributed by atoms with Gasteiger partial charge in [0.1, 0.15) is 23.7 Å². The van der Waals surface area contributed by atoms with Crippen LogP contribution in [0.1, 0.15) is 18.9 Å². The number of nitrogens with one attached hydrogen (secondary N) is 1. The summed E-state index contributed by atoms with van der Waals surface area (Å²) in [6.45, 7) is 2.06. The zero-order valence-corrected chi connectivity index (χ0v) is 14.9. The van der Waals surface area contributed by atoms with Crippen LogP contribution >= 0.6 is 11.6 Å². The first-order valence-corrected chi connectivity index (χ1v) is 8.62. The number of hydrogen-bond acceptors (Lipinski definition) is 3. The zero-order valence-electron chi connectivity index (χ0n) is 14.2. The van der Waals surface area contributed by atoms with Crippen molar-refractivity contribution in [2.75, 3.05) is 13.2 Å². The van der Waals surface area contributed by atoms with E-state index in [2.05, 4.69) is 5.32 Å². The van der Waals surface area contributed by atoms with Crippen molar-refractivity contribution in [3.05, 3.63) is 64.9 Å². The van der Waals surface area contributed by atoms with Gasteiger partial charge in [0.2, 0.25) is 0 Å². The lowest BCUT2D eigenvalue weighted by atomic mass is 9.87. The number of urea groups is 1. The van der Waals surface area contributed by atoms with Gasteiger partial charge in [-0.2, -0.15) is 0 Å². The van der Waals surface area contributed by atoms with Crippen LogP contribution in [0.15, 0.2) is 48.5 Å². The normalized spacial score (nSPS) is 19.6. The lowest BCUT2D eigenvalue weighted by Crippen LogP contribution is -2.43. The van der Waals surface area contributed by atoms with E-state index in [0.29, 0.717) is 22.8 Å². The highest BCUT2D eigenvalue weighted by Gasteiger charge is 2.51. The average Bonchev–Trinajstić information content (AvgIpc) is 2.89. The summed E-state index contributed by atoms with van der Waals surface area (Å²) in [7, 11) is 0. The maximum Gasteiger partial charge on any atom is 0.325 e. The molecule has 3 rings (SSSR count). The molecule has 0 unspecified atom stereocenters. The summed E-state index contributed by atoms with van der Waals surface area (Å²) in [5.74, 6) is -0.164. The molecule has 26 heavy (non-hydrogen) atoms. The molecule has 136 valence electrons. The van der Waals surface area contributed by atoms with Crippen LogP contribution in [0.4, 0.5) is 9.18 Å². The van der Waals surface area contributed by atoms with Gasteiger partial charge in [0.25, 0.3) is 5.91 Å². The van der Waals surface area contributed by atoms with Crippen LogP contribution in [-0.4, -0.2) is 30.0 Å².